The average molecular weight is 259 g/mol. The molecule has 90 valence electrons. The quantitative estimate of drug-likeness (QED) is 0.491. The maximum atomic E-state index is 12.2. The number of ether oxygens (including phenoxy) is 2. The third-order valence-corrected chi connectivity index (χ3v) is 1.82. The van der Waals surface area contributed by atoms with E-state index in [0.29, 0.717) is 0 Å². The molecule has 1 aliphatic rings. The van der Waals surface area contributed by atoms with E-state index in [4.69, 9.17) is 11.6 Å². The Balaban J connectivity index is 3.13. The zero-order valence-electron chi connectivity index (χ0n) is 7.17. The summed E-state index contributed by atoms with van der Waals surface area (Å²) in [5, 5.41) is -2.15. The number of rotatable bonds is 0. The van der Waals surface area contributed by atoms with Crippen molar-refractivity contribution in [1.82, 2.24) is 0 Å². The summed E-state index contributed by atoms with van der Waals surface area (Å²) < 4.78 is 80.8. The monoisotopic (exact) mass is 258 g/mol. The molecule has 9 heteroatoms. The molecule has 1 saturated heterocycles. The molecule has 0 aromatic rings. The number of hydrogen-bond donors (Lipinski definition) is 0. The molecular weight excluding hydrogens is 254 g/mol. The van der Waals surface area contributed by atoms with Gasteiger partial charge in [-0.25, -0.2) is 0 Å². The zero-order valence-corrected chi connectivity index (χ0v) is 7.93. The first kappa shape index (κ1) is 12.9. The summed E-state index contributed by atoms with van der Waals surface area (Å²) in [5.74, 6) is -4.63. The molecule has 0 N–H and O–H groups in total. The van der Waals surface area contributed by atoms with Gasteiger partial charge < -0.3 is 9.47 Å². The van der Waals surface area contributed by atoms with Crippen molar-refractivity contribution in [2.45, 2.75) is 30.1 Å². The van der Waals surface area contributed by atoms with Crippen molar-refractivity contribution in [3.8, 4) is 0 Å². The molecule has 0 amide bonds. The van der Waals surface area contributed by atoms with E-state index in [0.717, 1.165) is 6.92 Å². The normalized spacial score (nSPS) is 32.0. The molecule has 2 nitrogen and oxygen atoms in total. The first-order chi connectivity index (χ1) is 6.41. The van der Waals surface area contributed by atoms with Gasteiger partial charge in [0.1, 0.15) is 0 Å². The molecule has 0 bridgehead atoms. The molecule has 15 heavy (non-hydrogen) atoms. The Kier molecular flexibility index (Phi) is 2.69. The lowest BCUT2D eigenvalue weighted by atomic mass is 10.2. The molecule has 0 aromatic carbocycles. The zero-order chi connectivity index (χ0) is 12.1. The van der Waals surface area contributed by atoms with Gasteiger partial charge in [-0.05, 0) is 6.92 Å². The SMILES string of the molecule is CC1(Cl)COC(C(F)(F)F)(C(F)(F)F)O1. The summed E-state index contributed by atoms with van der Waals surface area (Å²) in [5.41, 5.74) is 0. The van der Waals surface area contributed by atoms with Crippen LogP contribution in [0.3, 0.4) is 0 Å². The third-order valence-electron chi connectivity index (χ3n) is 1.64. The van der Waals surface area contributed by atoms with E-state index in [1.165, 1.54) is 0 Å². The van der Waals surface area contributed by atoms with Gasteiger partial charge in [-0.3, -0.25) is 0 Å². The molecule has 1 heterocycles. The van der Waals surface area contributed by atoms with E-state index >= 15 is 0 Å². The minimum absolute atomic E-state index is 0.855. The van der Waals surface area contributed by atoms with Gasteiger partial charge in [0.15, 0.2) is 5.06 Å². The van der Waals surface area contributed by atoms with Crippen molar-refractivity contribution in [2.75, 3.05) is 6.61 Å². The second-order valence-corrected chi connectivity index (χ2v) is 3.90. The Morgan fingerprint density at radius 1 is 1.07 bits per heavy atom. The maximum absolute atomic E-state index is 12.2. The van der Waals surface area contributed by atoms with Crippen molar-refractivity contribution in [3.05, 3.63) is 0 Å². The fourth-order valence-corrected chi connectivity index (χ4v) is 1.19. The Morgan fingerprint density at radius 3 is 1.60 bits per heavy atom. The molecule has 0 spiro atoms. The summed E-state index contributed by atoms with van der Waals surface area (Å²) in [6.07, 6.45) is -11.5. The van der Waals surface area contributed by atoms with Crippen molar-refractivity contribution in [3.63, 3.8) is 0 Å². The molecule has 1 aliphatic heterocycles. The van der Waals surface area contributed by atoms with Crippen LogP contribution in [0.5, 0.6) is 0 Å². The summed E-state index contributed by atoms with van der Waals surface area (Å²) in [6, 6.07) is 0. The van der Waals surface area contributed by atoms with Gasteiger partial charge in [0.2, 0.25) is 0 Å². The molecule has 1 rings (SSSR count). The number of alkyl halides is 7. The van der Waals surface area contributed by atoms with Crippen LogP contribution in [0.2, 0.25) is 0 Å². The van der Waals surface area contributed by atoms with Crippen molar-refractivity contribution < 1.29 is 35.8 Å². The summed E-state index contributed by atoms with van der Waals surface area (Å²) in [7, 11) is 0. The largest absolute Gasteiger partial charge is 0.453 e. The van der Waals surface area contributed by atoms with Crippen LogP contribution in [0.25, 0.3) is 0 Å². The number of halogens is 7. The van der Waals surface area contributed by atoms with Crippen LogP contribution in [0.4, 0.5) is 26.3 Å². The predicted octanol–water partition coefficient (Wildman–Crippen LogP) is 2.81. The summed E-state index contributed by atoms with van der Waals surface area (Å²) >= 11 is 5.22. The topological polar surface area (TPSA) is 18.5 Å². The fourth-order valence-electron chi connectivity index (χ4n) is 1.03. The minimum atomic E-state index is -5.74. The summed E-state index contributed by atoms with van der Waals surface area (Å²) in [4.78, 5) is 0. The lowest BCUT2D eigenvalue weighted by Gasteiger charge is -2.32. The smallest absolute Gasteiger partial charge is 0.331 e. The van der Waals surface area contributed by atoms with Crippen LogP contribution in [0, 0.1) is 0 Å². The first-order valence-electron chi connectivity index (χ1n) is 3.58. The van der Waals surface area contributed by atoms with Gasteiger partial charge >= 0.3 is 18.1 Å². The van der Waals surface area contributed by atoms with Gasteiger partial charge in [0, 0.05) is 0 Å². The Labute approximate surface area is 85.1 Å². The van der Waals surface area contributed by atoms with E-state index in [2.05, 4.69) is 9.47 Å². The second kappa shape index (κ2) is 3.14. The van der Waals surface area contributed by atoms with Crippen molar-refractivity contribution >= 4 is 11.6 Å². The lowest BCUT2D eigenvalue weighted by Crippen LogP contribution is -2.58. The highest BCUT2D eigenvalue weighted by Gasteiger charge is 2.78. The molecule has 0 radical (unpaired) electrons. The van der Waals surface area contributed by atoms with E-state index in [9.17, 15) is 26.3 Å². The van der Waals surface area contributed by atoms with Crippen LogP contribution in [0.1, 0.15) is 6.92 Å². The van der Waals surface area contributed by atoms with E-state index < -0.39 is 29.8 Å². The van der Waals surface area contributed by atoms with Gasteiger partial charge in [-0.2, -0.15) is 26.3 Å². The highest BCUT2D eigenvalue weighted by atomic mass is 35.5. The van der Waals surface area contributed by atoms with Gasteiger partial charge in [0.25, 0.3) is 0 Å². The van der Waals surface area contributed by atoms with Crippen LogP contribution in [-0.2, 0) is 9.47 Å². The maximum Gasteiger partial charge on any atom is 0.453 e. The van der Waals surface area contributed by atoms with Crippen LogP contribution < -0.4 is 0 Å². The van der Waals surface area contributed by atoms with Gasteiger partial charge in [-0.15, -0.1) is 0 Å². The molecule has 0 aromatic heterocycles. The second-order valence-electron chi connectivity index (χ2n) is 3.10. The molecule has 0 saturated carbocycles. The third kappa shape index (κ3) is 2.02. The molecule has 0 aliphatic carbocycles. The lowest BCUT2D eigenvalue weighted by molar-refractivity contribution is -0.444. The molecule has 1 atom stereocenters. The molecule has 1 unspecified atom stereocenters. The van der Waals surface area contributed by atoms with E-state index in [1.54, 1.807) is 0 Å². The molecule has 1 fully saturated rings. The average Bonchev–Trinajstić information content (AvgIpc) is 2.23. The Morgan fingerprint density at radius 2 is 1.47 bits per heavy atom. The standard InChI is InChI=1S/C6H5ClF6O2/c1-3(7)2-14-4(15-3,5(8,9)10)6(11,12)13/h2H2,1H3. The highest BCUT2D eigenvalue weighted by molar-refractivity contribution is 6.22. The molecular formula is C6H5ClF6O2. The number of hydrogen-bond acceptors (Lipinski definition) is 2. The van der Waals surface area contributed by atoms with Crippen LogP contribution in [0.15, 0.2) is 0 Å². The van der Waals surface area contributed by atoms with Crippen LogP contribution >= 0.6 is 11.6 Å². The van der Waals surface area contributed by atoms with Crippen molar-refractivity contribution in [2.24, 2.45) is 0 Å². The van der Waals surface area contributed by atoms with Crippen LogP contribution in [-0.4, -0.2) is 29.8 Å². The van der Waals surface area contributed by atoms with E-state index in [-0.39, 0.29) is 0 Å². The van der Waals surface area contributed by atoms with E-state index in [1.807, 2.05) is 0 Å². The summed E-state index contributed by atoms with van der Waals surface area (Å²) in [6.45, 7) is -0.151. The van der Waals surface area contributed by atoms with Crippen molar-refractivity contribution in [1.29, 1.82) is 0 Å². The fraction of sp³-hybridized carbons (Fsp3) is 1.00. The Bertz CT molecular complexity index is 243. The van der Waals surface area contributed by atoms with Gasteiger partial charge in [0.05, 0.1) is 6.61 Å². The Hall–Kier alpha value is -0.210. The highest BCUT2D eigenvalue weighted by Crippen LogP contribution is 2.52. The first-order valence-corrected chi connectivity index (χ1v) is 3.96. The predicted molar refractivity (Wildman–Crippen MR) is 36.1 cm³/mol. The minimum Gasteiger partial charge on any atom is -0.331 e. The van der Waals surface area contributed by atoms with Gasteiger partial charge in [-0.1, -0.05) is 11.6 Å².